The maximum absolute atomic E-state index is 13.6. The van der Waals surface area contributed by atoms with Crippen molar-refractivity contribution >= 4 is 6.08 Å². The summed E-state index contributed by atoms with van der Waals surface area (Å²) in [7, 11) is 1.55. The Morgan fingerprint density at radius 3 is 2.73 bits per heavy atom. The Kier molecular flexibility index (Phi) is 4.31. The molecule has 15 heavy (non-hydrogen) atoms. The van der Waals surface area contributed by atoms with Crippen molar-refractivity contribution in [1.82, 2.24) is 0 Å². The van der Waals surface area contributed by atoms with Crippen molar-refractivity contribution in [3.8, 4) is 5.75 Å². The Morgan fingerprint density at radius 2 is 2.20 bits per heavy atom. The highest BCUT2D eigenvalue weighted by Crippen LogP contribution is 2.24. The van der Waals surface area contributed by atoms with E-state index in [2.05, 4.69) is 0 Å². The number of hydrogen-bond acceptors (Lipinski definition) is 2. The first kappa shape index (κ1) is 11.7. The summed E-state index contributed by atoms with van der Waals surface area (Å²) in [6, 6.07) is 3.31. The van der Waals surface area contributed by atoms with Gasteiger partial charge >= 0.3 is 0 Å². The molecule has 3 heteroatoms. The minimum absolute atomic E-state index is 0.228. The van der Waals surface area contributed by atoms with Crippen LogP contribution in [0.1, 0.15) is 18.1 Å². The highest BCUT2D eigenvalue weighted by atomic mass is 19.1. The largest absolute Gasteiger partial charge is 0.496 e. The van der Waals surface area contributed by atoms with Gasteiger partial charge in [-0.1, -0.05) is 19.1 Å². The number of methoxy groups -OCH3 is 1. The van der Waals surface area contributed by atoms with Gasteiger partial charge in [-0.25, -0.2) is 4.39 Å². The van der Waals surface area contributed by atoms with Crippen LogP contribution < -0.4 is 10.5 Å². The summed E-state index contributed by atoms with van der Waals surface area (Å²) in [5.41, 5.74) is 6.71. The van der Waals surface area contributed by atoms with E-state index in [1.807, 2.05) is 13.0 Å². The molecule has 0 aliphatic rings. The summed E-state index contributed by atoms with van der Waals surface area (Å²) in [5.74, 6) is 0.364. The molecule has 0 fully saturated rings. The highest BCUT2D eigenvalue weighted by molar-refractivity contribution is 5.54. The van der Waals surface area contributed by atoms with Crippen LogP contribution in [0, 0.1) is 5.82 Å². The van der Waals surface area contributed by atoms with Gasteiger partial charge in [-0.05, 0) is 24.1 Å². The van der Waals surface area contributed by atoms with E-state index in [1.165, 1.54) is 6.07 Å². The average molecular weight is 209 g/mol. The molecule has 0 atom stereocenters. The summed E-state index contributed by atoms with van der Waals surface area (Å²) < 4.78 is 18.7. The van der Waals surface area contributed by atoms with E-state index >= 15 is 0 Å². The second kappa shape index (κ2) is 5.51. The van der Waals surface area contributed by atoms with Gasteiger partial charge in [-0.15, -0.1) is 0 Å². The van der Waals surface area contributed by atoms with Gasteiger partial charge in [0.15, 0.2) is 0 Å². The average Bonchev–Trinajstić information content (AvgIpc) is 2.25. The molecule has 2 nitrogen and oxygen atoms in total. The van der Waals surface area contributed by atoms with Crippen molar-refractivity contribution in [3.63, 3.8) is 0 Å². The predicted molar refractivity (Wildman–Crippen MR) is 60.4 cm³/mol. The lowest BCUT2D eigenvalue weighted by Crippen LogP contribution is -1.96. The fraction of sp³-hybridized carbons (Fsp3) is 0.333. The van der Waals surface area contributed by atoms with Crippen molar-refractivity contribution in [3.05, 3.63) is 35.2 Å². The Labute approximate surface area is 89.6 Å². The summed E-state index contributed by atoms with van der Waals surface area (Å²) in [6.07, 6.45) is 4.18. The third-order valence-electron chi connectivity index (χ3n) is 2.20. The summed E-state index contributed by atoms with van der Waals surface area (Å²) in [6.45, 7) is 2.34. The fourth-order valence-electron chi connectivity index (χ4n) is 1.46. The van der Waals surface area contributed by atoms with Crippen LogP contribution in [-0.2, 0) is 6.42 Å². The zero-order valence-corrected chi connectivity index (χ0v) is 9.09. The lowest BCUT2D eigenvalue weighted by atomic mass is 10.1. The molecule has 0 radical (unpaired) electrons. The molecule has 0 bridgehead atoms. The molecule has 0 spiro atoms. The van der Waals surface area contributed by atoms with Gasteiger partial charge in [0, 0.05) is 12.1 Å². The van der Waals surface area contributed by atoms with Crippen LogP contribution in [-0.4, -0.2) is 13.7 Å². The molecule has 0 heterocycles. The summed E-state index contributed by atoms with van der Waals surface area (Å²) >= 11 is 0. The summed E-state index contributed by atoms with van der Waals surface area (Å²) in [4.78, 5) is 0. The zero-order chi connectivity index (χ0) is 11.3. The Bertz CT molecular complexity index is 361. The molecule has 2 N–H and O–H groups in total. The Balaban J connectivity index is 3.13. The second-order valence-corrected chi connectivity index (χ2v) is 3.18. The fourth-order valence-corrected chi connectivity index (χ4v) is 1.46. The standard InChI is InChI=1S/C12H16FNO/c1-3-10-11(13)7-9(5-4-6-14)8-12(10)15-2/h4-5,7-8H,3,6,14H2,1-2H3/b5-4+. The third-order valence-corrected chi connectivity index (χ3v) is 2.20. The maximum Gasteiger partial charge on any atom is 0.130 e. The van der Waals surface area contributed by atoms with Gasteiger partial charge in [0.25, 0.3) is 0 Å². The number of hydrogen-bond donors (Lipinski definition) is 1. The molecule has 0 unspecified atom stereocenters. The van der Waals surface area contributed by atoms with Crippen LogP contribution in [0.25, 0.3) is 6.08 Å². The molecule has 0 aliphatic carbocycles. The first-order valence-corrected chi connectivity index (χ1v) is 4.96. The van der Waals surface area contributed by atoms with Crippen LogP contribution >= 0.6 is 0 Å². The van der Waals surface area contributed by atoms with Gasteiger partial charge in [-0.2, -0.15) is 0 Å². The van der Waals surface area contributed by atoms with Gasteiger partial charge in [-0.3, -0.25) is 0 Å². The molecular formula is C12H16FNO. The number of halogens is 1. The first-order chi connectivity index (χ1) is 7.22. The SMILES string of the molecule is CCc1c(F)cc(/C=C/CN)cc1OC. The van der Waals surface area contributed by atoms with E-state index in [4.69, 9.17) is 10.5 Å². The number of rotatable bonds is 4. The molecule has 0 amide bonds. The van der Waals surface area contributed by atoms with E-state index in [1.54, 1.807) is 19.3 Å². The maximum atomic E-state index is 13.6. The summed E-state index contributed by atoms with van der Waals surface area (Å²) in [5, 5.41) is 0. The number of nitrogens with two attached hydrogens (primary N) is 1. The van der Waals surface area contributed by atoms with E-state index in [0.717, 1.165) is 5.56 Å². The zero-order valence-electron chi connectivity index (χ0n) is 9.09. The van der Waals surface area contributed by atoms with Gasteiger partial charge in [0.05, 0.1) is 7.11 Å². The van der Waals surface area contributed by atoms with Crippen molar-refractivity contribution in [1.29, 1.82) is 0 Å². The minimum atomic E-state index is -0.228. The molecular weight excluding hydrogens is 193 g/mol. The lowest BCUT2D eigenvalue weighted by Gasteiger charge is -2.08. The topological polar surface area (TPSA) is 35.2 Å². The molecule has 1 aromatic rings. The van der Waals surface area contributed by atoms with E-state index < -0.39 is 0 Å². The normalized spacial score (nSPS) is 10.9. The quantitative estimate of drug-likeness (QED) is 0.826. The molecule has 0 aromatic heterocycles. The Morgan fingerprint density at radius 1 is 1.47 bits per heavy atom. The first-order valence-electron chi connectivity index (χ1n) is 4.96. The van der Waals surface area contributed by atoms with Crippen LogP contribution in [0.15, 0.2) is 18.2 Å². The van der Waals surface area contributed by atoms with Crippen LogP contribution in [0.4, 0.5) is 4.39 Å². The monoisotopic (exact) mass is 209 g/mol. The van der Waals surface area contributed by atoms with Crippen molar-refractivity contribution < 1.29 is 9.13 Å². The Hall–Kier alpha value is -1.35. The number of ether oxygens (including phenoxy) is 1. The van der Waals surface area contributed by atoms with Crippen LogP contribution in [0.2, 0.25) is 0 Å². The molecule has 0 saturated carbocycles. The van der Waals surface area contributed by atoms with Crippen molar-refractivity contribution in [2.45, 2.75) is 13.3 Å². The van der Waals surface area contributed by atoms with Crippen molar-refractivity contribution in [2.24, 2.45) is 5.73 Å². The van der Waals surface area contributed by atoms with Gasteiger partial charge < -0.3 is 10.5 Å². The molecule has 0 saturated heterocycles. The molecule has 0 aliphatic heterocycles. The predicted octanol–water partition coefficient (Wildman–Crippen LogP) is 2.37. The van der Waals surface area contributed by atoms with Gasteiger partial charge in [0.2, 0.25) is 0 Å². The van der Waals surface area contributed by atoms with E-state index in [-0.39, 0.29) is 5.82 Å². The lowest BCUT2D eigenvalue weighted by molar-refractivity contribution is 0.405. The third kappa shape index (κ3) is 2.80. The smallest absolute Gasteiger partial charge is 0.130 e. The van der Waals surface area contributed by atoms with Crippen molar-refractivity contribution in [2.75, 3.05) is 13.7 Å². The van der Waals surface area contributed by atoms with E-state index in [0.29, 0.717) is 24.3 Å². The molecule has 1 aromatic carbocycles. The molecule has 82 valence electrons. The minimum Gasteiger partial charge on any atom is -0.496 e. The van der Waals surface area contributed by atoms with Gasteiger partial charge in [0.1, 0.15) is 11.6 Å². The second-order valence-electron chi connectivity index (χ2n) is 3.18. The number of benzene rings is 1. The molecule has 1 rings (SSSR count). The van der Waals surface area contributed by atoms with E-state index in [9.17, 15) is 4.39 Å². The van der Waals surface area contributed by atoms with Crippen LogP contribution in [0.5, 0.6) is 5.75 Å². The van der Waals surface area contributed by atoms with Crippen LogP contribution in [0.3, 0.4) is 0 Å². The highest BCUT2D eigenvalue weighted by Gasteiger charge is 2.08.